The molecule has 4 heteroatoms. The summed E-state index contributed by atoms with van der Waals surface area (Å²) in [5.74, 6) is 0.107. The van der Waals surface area contributed by atoms with Crippen LogP contribution in [0.4, 0.5) is 0 Å². The number of nitrogens with one attached hydrogen (secondary N) is 1. The molecule has 0 spiro atoms. The van der Waals surface area contributed by atoms with Crippen molar-refractivity contribution in [2.45, 2.75) is 31.6 Å². The van der Waals surface area contributed by atoms with Crippen molar-refractivity contribution in [3.63, 3.8) is 0 Å². The lowest BCUT2D eigenvalue weighted by Crippen LogP contribution is -2.45. The summed E-state index contributed by atoms with van der Waals surface area (Å²) in [5, 5.41) is 2.92. The van der Waals surface area contributed by atoms with Gasteiger partial charge in [0.2, 0.25) is 5.91 Å². The number of aryl methyl sites for hydroxylation is 1. The SMILES string of the molecule is CC1(C(=O)NCCN)CCCc2ccccc21.Cl. The first kappa shape index (κ1) is 15.0. The summed E-state index contributed by atoms with van der Waals surface area (Å²) in [6.45, 7) is 3.08. The van der Waals surface area contributed by atoms with Crippen molar-refractivity contribution in [3.05, 3.63) is 35.4 Å². The molecule has 1 aliphatic rings. The van der Waals surface area contributed by atoms with E-state index in [0.717, 1.165) is 19.3 Å². The number of fused-ring (bicyclic) bond motifs is 1. The van der Waals surface area contributed by atoms with Gasteiger partial charge in [-0.05, 0) is 37.3 Å². The third-order valence-corrected chi connectivity index (χ3v) is 3.67. The Kier molecular flexibility index (Phi) is 5.17. The minimum absolute atomic E-state index is 0. The summed E-state index contributed by atoms with van der Waals surface area (Å²) in [6.07, 6.45) is 3.07. The highest BCUT2D eigenvalue weighted by Crippen LogP contribution is 2.37. The second-order valence-electron chi connectivity index (χ2n) is 4.89. The fourth-order valence-electron chi connectivity index (χ4n) is 2.66. The van der Waals surface area contributed by atoms with Crippen LogP contribution in [0, 0.1) is 0 Å². The molecular formula is C14H21ClN2O. The normalized spacial score (nSPS) is 21.7. The summed E-state index contributed by atoms with van der Waals surface area (Å²) in [7, 11) is 0. The molecule has 1 amide bonds. The Hall–Kier alpha value is -1.06. The number of rotatable bonds is 3. The average Bonchev–Trinajstić information content (AvgIpc) is 2.36. The molecule has 0 radical (unpaired) electrons. The third kappa shape index (κ3) is 2.68. The summed E-state index contributed by atoms with van der Waals surface area (Å²) in [4.78, 5) is 12.3. The largest absolute Gasteiger partial charge is 0.354 e. The Morgan fingerprint density at radius 3 is 2.89 bits per heavy atom. The van der Waals surface area contributed by atoms with E-state index in [9.17, 15) is 4.79 Å². The van der Waals surface area contributed by atoms with Crippen LogP contribution in [-0.4, -0.2) is 19.0 Å². The van der Waals surface area contributed by atoms with Crippen LogP contribution >= 0.6 is 12.4 Å². The molecule has 1 aliphatic carbocycles. The van der Waals surface area contributed by atoms with Crippen LogP contribution in [0.15, 0.2) is 24.3 Å². The number of carbonyl (C=O) groups is 1. The maximum Gasteiger partial charge on any atom is 0.230 e. The van der Waals surface area contributed by atoms with Gasteiger partial charge in [-0.1, -0.05) is 24.3 Å². The Labute approximate surface area is 115 Å². The van der Waals surface area contributed by atoms with E-state index in [0.29, 0.717) is 13.1 Å². The number of halogens is 1. The van der Waals surface area contributed by atoms with Crippen molar-refractivity contribution in [2.75, 3.05) is 13.1 Å². The van der Waals surface area contributed by atoms with Crippen LogP contribution in [0.3, 0.4) is 0 Å². The predicted molar refractivity (Wildman–Crippen MR) is 76.0 cm³/mol. The Balaban J connectivity index is 0.00000162. The van der Waals surface area contributed by atoms with Gasteiger partial charge in [-0.15, -0.1) is 12.4 Å². The molecule has 1 aromatic carbocycles. The van der Waals surface area contributed by atoms with Gasteiger partial charge >= 0.3 is 0 Å². The second-order valence-corrected chi connectivity index (χ2v) is 4.89. The zero-order valence-corrected chi connectivity index (χ0v) is 11.6. The van der Waals surface area contributed by atoms with Gasteiger partial charge in [0, 0.05) is 13.1 Å². The van der Waals surface area contributed by atoms with E-state index in [1.54, 1.807) is 0 Å². The highest BCUT2D eigenvalue weighted by molar-refractivity contribution is 5.88. The lowest BCUT2D eigenvalue weighted by atomic mass is 9.70. The predicted octanol–water partition coefficient (Wildman–Crippen LogP) is 1.78. The molecule has 3 N–H and O–H groups in total. The van der Waals surface area contributed by atoms with Gasteiger partial charge in [0.15, 0.2) is 0 Å². The fraction of sp³-hybridized carbons (Fsp3) is 0.500. The third-order valence-electron chi connectivity index (χ3n) is 3.67. The van der Waals surface area contributed by atoms with Crippen molar-refractivity contribution in [1.29, 1.82) is 0 Å². The molecule has 0 saturated carbocycles. The summed E-state index contributed by atoms with van der Waals surface area (Å²) >= 11 is 0. The van der Waals surface area contributed by atoms with E-state index in [2.05, 4.69) is 17.4 Å². The van der Waals surface area contributed by atoms with E-state index in [1.165, 1.54) is 11.1 Å². The summed E-state index contributed by atoms with van der Waals surface area (Å²) in [6, 6.07) is 8.26. The molecule has 1 atom stereocenters. The van der Waals surface area contributed by atoms with Crippen molar-refractivity contribution in [3.8, 4) is 0 Å². The molecule has 100 valence electrons. The number of benzene rings is 1. The van der Waals surface area contributed by atoms with Gasteiger partial charge in [-0.2, -0.15) is 0 Å². The molecular weight excluding hydrogens is 248 g/mol. The lowest BCUT2D eigenvalue weighted by Gasteiger charge is -2.34. The zero-order valence-electron chi connectivity index (χ0n) is 10.7. The highest BCUT2D eigenvalue weighted by Gasteiger charge is 2.38. The molecule has 0 aromatic heterocycles. The zero-order chi connectivity index (χ0) is 12.3. The van der Waals surface area contributed by atoms with E-state index in [1.807, 2.05) is 19.1 Å². The topological polar surface area (TPSA) is 55.1 Å². The maximum absolute atomic E-state index is 12.3. The summed E-state index contributed by atoms with van der Waals surface area (Å²) in [5.41, 5.74) is 7.54. The van der Waals surface area contributed by atoms with Gasteiger partial charge in [0.25, 0.3) is 0 Å². The first-order valence-corrected chi connectivity index (χ1v) is 6.25. The number of hydrogen-bond donors (Lipinski definition) is 2. The quantitative estimate of drug-likeness (QED) is 0.878. The number of nitrogens with two attached hydrogens (primary N) is 1. The minimum atomic E-state index is -0.385. The molecule has 18 heavy (non-hydrogen) atoms. The number of hydrogen-bond acceptors (Lipinski definition) is 2. The van der Waals surface area contributed by atoms with Crippen molar-refractivity contribution >= 4 is 18.3 Å². The van der Waals surface area contributed by atoms with Crippen LogP contribution in [0.25, 0.3) is 0 Å². The lowest BCUT2D eigenvalue weighted by molar-refractivity contribution is -0.126. The van der Waals surface area contributed by atoms with Crippen molar-refractivity contribution < 1.29 is 4.79 Å². The van der Waals surface area contributed by atoms with Gasteiger partial charge in [0.1, 0.15) is 0 Å². The number of amides is 1. The van der Waals surface area contributed by atoms with Crippen LogP contribution in [-0.2, 0) is 16.6 Å². The summed E-state index contributed by atoms with van der Waals surface area (Å²) < 4.78 is 0. The smallest absolute Gasteiger partial charge is 0.230 e. The molecule has 2 rings (SSSR count). The molecule has 0 heterocycles. The molecule has 1 unspecified atom stereocenters. The van der Waals surface area contributed by atoms with E-state index in [4.69, 9.17) is 5.73 Å². The fourth-order valence-corrected chi connectivity index (χ4v) is 2.66. The van der Waals surface area contributed by atoms with E-state index in [-0.39, 0.29) is 23.7 Å². The van der Waals surface area contributed by atoms with Gasteiger partial charge in [-0.3, -0.25) is 4.79 Å². The first-order valence-electron chi connectivity index (χ1n) is 6.25. The van der Waals surface area contributed by atoms with Gasteiger partial charge in [0.05, 0.1) is 5.41 Å². The Morgan fingerprint density at radius 1 is 1.44 bits per heavy atom. The minimum Gasteiger partial charge on any atom is -0.354 e. The first-order chi connectivity index (χ1) is 8.18. The molecule has 0 bridgehead atoms. The van der Waals surface area contributed by atoms with Crippen molar-refractivity contribution in [2.24, 2.45) is 5.73 Å². The highest BCUT2D eigenvalue weighted by atomic mass is 35.5. The van der Waals surface area contributed by atoms with Crippen LogP contribution in [0.5, 0.6) is 0 Å². The Morgan fingerprint density at radius 2 is 2.17 bits per heavy atom. The van der Waals surface area contributed by atoms with E-state index < -0.39 is 0 Å². The number of carbonyl (C=O) groups excluding carboxylic acids is 1. The van der Waals surface area contributed by atoms with Crippen LogP contribution in [0.2, 0.25) is 0 Å². The molecule has 0 aliphatic heterocycles. The van der Waals surface area contributed by atoms with Gasteiger partial charge in [-0.25, -0.2) is 0 Å². The second kappa shape index (κ2) is 6.21. The van der Waals surface area contributed by atoms with Gasteiger partial charge < -0.3 is 11.1 Å². The molecule has 0 fully saturated rings. The standard InChI is InChI=1S/C14H20N2O.ClH/c1-14(13(17)16-10-9-15)8-4-6-11-5-2-3-7-12(11)14;/h2-3,5,7H,4,6,8-10,15H2,1H3,(H,16,17);1H. The average molecular weight is 269 g/mol. The van der Waals surface area contributed by atoms with Crippen molar-refractivity contribution in [1.82, 2.24) is 5.32 Å². The van der Waals surface area contributed by atoms with Crippen LogP contribution in [0.1, 0.15) is 30.9 Å². The van der Waals surface area contributed by atoms with Crippen LogP contribution < -0.4 is 11.1 Å². The maximum atomic E-state index is 12.3. The molecule has 0 saturated heterocycles. The monoisotopic (exact) mass is 268 g/mol. The Bertz CT molecular complexity index is 422. The molecule has 1 aromatic rings. The molecule has 3 nitrogen and oxygen atoms in total. The van der Waals surface area contributed by atoms with E-state index >= 15 is 0 Å².